The van der Waals surface area contributed by atoms with Crippen molar-refractivity contribution in [2.45, 2.75) is 37.7 Å². The lowest BCUT2D eigenvalue weighted by molar-refractivity contribution is -0.0533. The highest BCUT2D eigenvalue weighted by molar-refractivity contribution is 7.89. The van der Waals surface area contributed by atoms with Crippen LogP contribution in [0.15, 0.2) is 24.4 Å². The van der Waals surface area contributed by atoms with Crippen LogP contribution in [0.4, 0.5) is 8.78 Å². The van der Waals surface area contributed by atoms with Crippen LogP contribution in [0, 0.1) is 11.6 Å². The molecule has 0 amide bonds. The van der Waals surface area contributed by atoms with Gasteiger partial charge in [0.15, 0.2) is 0 Å². The fraction of sp³-hybridized carbons (Fsp3) is 0.471. The predicted molar refractivity (Wildman–Crippen MR) is 93.1 cm³/mol. The molecule has 2 aliphatic heterocycles. The van der Waals surface area contributed by atoms with E-state index in [4.69, 9.17) is 14.6 Å². The summed E-state index contributed by atoms with van der Waals surface area (Å²) in [5, 5.41) is 3.94. The van der Waals surface area contributed by atoms with Gasteiger partial charge < -0.3 is 10.5 Å². The molecule has 0 spiro atoms. The molecule has 27 heavy (non-hydrogen) atoms. The van der Waals surface area contributed by atoms with Gasteiger partial charge in [-0.25, -0.2) is 17.2 Å². The lowest BCUT2D eigenvalue weighted by Gasteiger charge is -2.38. The molecule has 1 saturated heterocycles. The quantitative estimate of drug-likeness (QED) is 0.830. The first kappa shape index (κ1) is 15.1. The average molecular weight is 401 g/mol. The van der Waals surface area contributed by atoms with Crippen molar-refractivity contribution in [1.29, 1.82) is 0 Å². The molecule has 3 heterocycles. The van der Waals surface area contributed by atoms with Crippen LogP contribution < -0.4 is 5.73 Å². The summed E-state index contributed by atoms with van der Waals surface area (Å²) < 4.78 is 79.4. The number of rotatable bonds is 3. The Labute approximate surface area is 160 Å². The maximum Gasteiger partial charge on any atom is 0.250 e. The molecular weight excluding hydrogens is 378 g/mol. The summed E-state index contributed by atoms with van der Waals surface area (Å²) in [5.41, 5.74) is 7.35. The predicted octanol–water partition coefficient (Wildman–Crippen LogP) is 1.14. The molecule has 2 aliphatic rings. The molecule has 0 aliphatic carbocycles. The highest BCUT2D eigenvalue weighted by atomic mass is 32.2. The van der Waals surface area contributed by atoms with Crippen LogP contribution in [-0.2, 0) is 27.8 Å². The standard InChI is InChI=1S/C17H20F2N4O3S/c1-27(24,25)23-7-10-6-22(8-16(10)21-23)12-5-15(20)17(26-9-12)13-4-11(18)2-3-14(13)19/h2-4,7,12,15,17H,5-6,8-9,20H2,1H3/t12-,15-,17-/m1/s1/i1D3. The number of fused-ring (bicyclic) bond motifs is 1. The van der Waals surface area contributed by atoms with Gasteiger partial charge in [-0.3, -0.25) is 4.90 Å². The van der Waals surface area contributed by atoms with Crippen molar-refractivity contribution in [3.05, 3.63) is 52.9 Å². The smallest absolute Gasteiger partial charge is 0.250 e. The van der Waals surface area contributed by atoms with Crippen LogP contribution in [0.2, 0.25) is 0 Å². The van der Waals surface area contributed by atoms with Gasteiger partial charge in [0.05, 0.1) is 18.5 Å². The average Bonchev–Trinajstić information content (AvgIpc) is 3.22. The van der Waals surface area contributed by atoms with E-state index in [1.54, 1.807) is 0 Å². The first-order valence-corrected chi connectivity index (χ1v) is 9.80. The van der Waals surface area contributed by atoms with Crippen molar-refractivity contribution in [2.24, 2.45) is 5.73 Å². The van der Waals surface area contributed by atoms with Gasteiger partial charge in [-0.2, -0.15) is 9.19 Å². The summed E-state index contributed by atoms with van der Waals surface area (Å²) in [6.07, 6.45) is -2.29. The Kier molecular flexibility index (Phi) is 3.70. The molecular formula is C17H20F2N4O3S. The number of nitrogens with two attached hydrogens (primary N) is 1. The third kappa shape index (κ3) is 3.49. The van der Waals surface area contributed by atoms with Crippen LogP contribution in [-0.4, -0.2) is 47.4 Å². The van der Waals surface area contributed by atoms with Crippen LogP contribution in [0.1, 0.15) is 33.5 Å². The van der Waals surface area contributed by atoms with Crippen molar-refractivity contribution >= 4 is 10.0 Å². The topological polar surface area (TPSA) is 90.5 Å². The second-order valence-corrected chi connectivity index (χ2v) is 8.18. The zero-order chi connectivity index (χ0) is 21.8. The number of hydrogen-bond acceptors (Lipinski definition) is 6. The lowest BCUT2D eigenvalue weighted by Crippen LogP contribution is -2.47. The van der Waals surface area contributed by atoms with Gasteiger partial charge in [0.1, 0.15) is 17.7 Å². The Morgan fingerprint density at radius 1 is 1.37 bits per heavy atom. The van der Waals surface area contributed by atoms with Crippen molar-refractivity contribution in [2.75, 3.05) is 12.8 Å². The Morgan fingerprint density at radius 2 is 2.19 bits per heavy atom. The van der Waals surface area contributed by atoms with E-state index in [1.165, 1.54) is 6.20 Å². The Bertz CT molecular complexity index is 1050. The fourth-order valence-electron chi connectivity index (χ4n) is 3.69. The number of aromatic nitrogens is 2. The Balaban J connectivity index is 1.44. The zero-order valence-corrected chi connectivity index (χ0v) is 15.0. The van der Waals surface area contributed by atoms with E-state index in [1.807, 2.05) is 4.90 Å². The summed E-state index contributed by atoms with van der Waals surface area (Å²) in [6.45, 7) is 0.885. The minimum Gasteiger partial charge on any atom is -0.370 e. The second-order valence-electron chi connectivity index (χ2n) is 6.86. The summed E-state index contributed by atoms with van der Waals surface area (Å²) in [6, 6.07) is 2.46. The largest absolute Gasteiger partial charge is 0.370 e. The molecule has 1 aromatic heterocycles. The molecule has 1 aromatic carbocycles. The molecule has 1 fully saturated rings. The van der Waals surface area contributed by atoms with E-state index in [0.29, 0.717) is 34.9 Å². The van der Waals surface area contributed by atoms with Crippen molar-refractivity contribution in [1.82, 2.24) is 14.1 Å². The number of benzene rings is 1. The van der Waals surface area contributed by atoms with Gasteiger partial charge in [-0.05, 0) is 24.6 Å². The molecule has 0 saturated carbocycles. The van der Waals surface area contributed by atoms with E-state index in [2.05, 4.69) is 5.10 Å². The normalized spacial score (nSPS) is 28.4. The highest BCUT2D eigenvalue weighted by Crippen LogP contribution is 2.34. The molecule has 0 radical (unpaired) electrons. The van der Waals surface area contributed by atoms with Gasteiger partial charge in [0, 0.05) is 46.6 Å². The molecule has 10 heteroatoms. The molecule has 4 rings (SSSR count). The number of nitrogens with zero attached hydrogens (tertiary/aromatic N) is 3. The van der Waals surface area contributed by atoms with E-state index < -0.39 is 40.0 Å². The third-order valence-corrected chi connectivity index (χ3v) is 5.69. The summed E-state index contributed by atoms with van der Waals surface area (Å²) >= 11 is 0. The van der Waals surface area contributed by atoms with Crippen molar-refractivity contribution < 1.29 is 26.0 Å². The van der Waals surface area contributed by atoms with Gasteiger partial charge in [0.25, 0.3) is 10.0 Å². The first-order valence-electron chi connectivity index (χ1n) is 9.86. The van der Waals surface area contributed by atoms with E-state index >= 15 is 0 Å². The highest BCUT2D eigenvalue weighted by Gasteiger charge is 2.37. The summed E-state index contributed by atoms with van der Waals surface area (Å²) in [5.74, 6) is -1.15. The maximum atomic E-state index is 14.1. The molecule has 7 nitrogen and oxygen atoms in total. The summed E-state index contributed by atoms with van der Waals surface area (Å²) in [4.78, 5) is 1.99. The molecule has 2 aromatic rings. The van der Waals surface area contributed by atoms with Crippen LogP contribution >= 0.6 is 0 Å². The monoisotopic (exact) mass is 401 g/mol. The molecule has 2 N–H and O–H groups in total. The zero-order valence-electron chi connectivity index (χ0n) is 17.2. The van der Waals surface area contributed by atoms with E-state index in [-0.39, 0.29) is 18.2 Å². The van der Waals surface area contributed by atoms with Gasteiger partial charge in [-0.15, -0.1) is 0 Å². The lowest BCUT2D eigenvalue weighted by atomic mass is 9.93. The van der Waals surface area contributed by atoms with E-state index in [0.717, 1.165) is 18.2 Å². The van der Waals surface area contributed by atoms with Gasteiger partial charge in [-0.1, -0.05) is 0 Å². The van der Waals surface area contributed by atoms with Crippen molar-refractivity contribution in [3.63, 3.8) is 0 Å². The maximum absolute atomic E-state index is 14.1. The number of ether oxygens (including phenoxy) is 1. The van der Waals surface area contributed by atoms with Crippen molar-refractivity contribution in [3.8, 4) is 0 Å². The molecule has 0 unspecified atom stereocenters. The van der Waals surface area contributed by atoms with E-state index in [9.17, 15) is 17.2 Å². The summed E-state index contributed by atoms with van der Waals surface area (Å²) in [7, 11) is -4.57. The minimum absolute atomic E-state index is 0.0804. The van der Waals surface area contributed by atoms with Gasteiger partial charge >= 0.3 is 0 Å². The van der Waals surface area contributed by atoms with Crippen LogP contribution in [0.3, 0.4) is 0 Å². The SMILES string of the molecule is [2H]C([2H])([2H])S(=O)(=O)n1cc2c(n1)CN([C@H]1CO[C@H](c3cc(F)ccc3F)[C@H](N)C1)C2. The third-order valence-electron chi connectivity index (χ3n) is 5.01. The first-order chi connectivity index (χ1) is 14.0. The Morgan fingerprint density at radius 3 is 2.89 bits per heavy atom. The Hall–Kier alpha value is -1.88. The van der Waals surface area contributed by atoms with Crippen LogP contribution in [0.5, 0.6) is 0 Å². The number of halogens is 2. The number of hydrogen-bond donors (Lipinski definition) is 1. The molecule has 146 valence electrons. The minimum atomic E-state index is -4.57. The molecule has 3 atom stereocenters. The van der Waals surface area contributed by atoms with Gasteiger partial charge in [0.2, 0.25) is 0 Å². The second kappa shape index (κ2) is 6.62. The fourth-order valence-corrected chi connectivity index (χ4v) is 4.16. The molecule has 0 bridgehead atoms. The van der Waals surface area contributed by atoms with Crippen LogP contribution in [0.25, 0.3) is 0 Å².